The molecule has 0 spiro atoms. The van der Waals surface area contributed by atoms with Gasteiger partial charge in [0.2, 0.25) is 0 Å². The van der Waals surface area contributed by atoms with Gasteiger partial charge in [0.05, 0.1) is 17.8 Å². The van der Waals surface area contributed by atoms with Gasteiger partial charge in [-0.3, -0.25) is 9.78 Å². The lowest BCUT2D eigenvalue weighted by molar-refractivity contribution is -0.140. The highest BCUT2D eigenvalue weighted by molar-refractivity contribution is 6.30. The van der Waals surface area contributed by atoms with Crippen LogP contribution in [0.2, 0.25) is 10.0 Å². The standard InChI is InChI=1S/C17H17Cl2NO3/c1-23-16(21)8-6-14(11-3-2-4-12(18)9-11)17(22)15-7-5-13(19)10-20-15/h2-5,7,9-10,14,17,22H,6,8H2,1H3. The molecule has 0 saturated heterocycles. The van der Waals surface area contributed by atoms with Crippen molar-refractivity contribution < 1.29 is 14.6 Å². The Morgan fingerprint density at radius 2 is 2.04 bits per heavy atom. The van der Waals surface area contributed by atoms with Crippen LogP contribution in [0.1, 0.15) is 36.1 Å². The second kappa shape index (κ2) is 8.29. The molecule has 0 radical (unpaired) electrons. The van der Waals surface area contributed by atoms with Crippen molar-refractivity contribution >= 4 is 29.2 Å². The molecule has 4 nitrogen and oxygen atoms in total. The Morgan fingerprint density at radius 1 is 1.26 bits per heavy atom. The molecule has 0 aliphatic rings. The number of carbonyl (C=O) groups is 1. The number of esters is 1. The number of pyridine rings is 1. The Kier molecular flexibility index (Phi) is 6.39. The van der Waals surface area contributed by atoms with E-state index in [0.29, 0.717) is 22.2 Å². The van der Waals surface area contributed by atoms with Crippen molar-refractivity contribution in [1.82, 2.24) is 4.98 Å². The molecule has 1 N–H and O–H groups in total. The van der Waals surface area contributed by atoms with Crippen molar-refractivity contribution in [3.05, 3.63) is 63.9 Å². The van der Waals surface area contributed by atoms with Gasteiger partial charge < -0.3 is 9.84 Å². The van der Waals surface area contributed by atoms with Crippen LogP contribution in [0.25, 0.3) is 0 Å². The van der Waals surface area contributed by atoms with E-state index in [1.807, 2.05) is 12.1 Å². The Labute approximate surface area is 145 Å². The first-order valence-corrected chi connectivity index (χ1v) is 7.88. The molecule has 0 aliphatic carbocycles. The first-order valence-electron chi connectivity index (χ1n) is 7.13. The minimum Gasteiger partial charge on any atom is -0.469 e. The second-order valence-corrected chi connectivity index (χ2v) is 6.00. The van der Waals surface area contributed by atoms with E-state index in [0.717, 1.165) is 5.56 Å². The first kappa shape index (κ1) is 17.7. The number of aliphatic hydroxyl groups excluding tert-OH is 1. The zero-order chi connectivity index (χ0) is 16.8. The molecule has 1 heterocycles. The normalized spacial score (nSPS) is 13.4. The molecular weight excluding hydrogens is 337 g/mol. The minimum atomic E-state index is -0.879. The fourth-order valence-corrected chi connectivity index (χ4v) is 2.70. The molecule has 122 valence electrons. The fourth-order valence-electron chi connectivity index (χ4n) is 2.39. The lowest BCUT2D eigenvalue weighted by atomic mass is 9.87. The van der Waals surface area contributed by atoms with Gasteiger partial charge in [0.15, 0.2) is 0 Å². The molecule has 1 aromatic carbocycles. The van der Waals surface area contributed by atoms with E-state index in [4.69, 9.17) is 23.2 Å². The van der Waals surface area contributed by atoms with Crippen LogP contribution < -0.4 is 0 Å². The summed E-state index contributed by atoms with van der Waals surface area (Å²) in [5.41, 5.74) is 1.33. The molecule has 0 bridgehead atoms. The quantitative estimate of drug-likeness (QED) is 0.792. The van der Waals surface area contributed by atoms with E-state index >= 15 is 0 Å². The van der Waals surface area contributed by atoms with Gasteiger partial charge in [0.1, 0.15) is 6.10 Å². The third kappa shape index (κ3) is 4.93. The molecule has 6 heteroatoms. The van der Waals surface area contributed by atoms with Gasteiger partial charge in [-0.25, -0.2) is 0 Å². The van der Waals surface area contributed by atoms with E-state index < -0.39 is 6.10 Å². The van der Waals surface area contributed by atoms with E-state index in [2.05, 4.69) is 9.72 Å². The molecule has 23 heavy (non-hydrogen) atoms. The van der Waals surface area contributed by atoms with Gasteiger partial charge >= 0.3 is 5.97 Å². The summed E-state index contributed by atoms with van der Waals surface area (Å²) in [6.45, 7) is 0. The number of halogens is 2. The van der Waals surface area contributed by atoms with Gasteiger partial charge in [-0.05, 0) is 36.2 Å². The topological polar surface area (TPSA) is 59.4 Å². The number of hydrogen-bond acceptors (Lipinski definition) is 4. The van der Waals surface area contributed by atoms with Gasteiger partial charge in [0.25, 0.3) is 0 Å². The van der Waals surface area contributed by atoms with Crippen LogP contribution in [0, 0.1) is 0 Å². The minimum absolute atomic E-state index is 0.193. The lowest BCUT2D eigenvalue weighted by Gasteiger charge is -2.23. The largest absolute Gasteiger partial charge is 0.469 e. The average molecular weight is 354 g/mol. The van der Waals surface area contributed by atoms with E-state index in [-0.39, 0.29) is 18.3 Å². The summed E-state index contributed by atoms with van der Waals surface area (Å²) in [4.78, 5) is 15.6. The average Bonchev–Trinajstić information content (AvgIpc) is 2.55. The molecule has 0 amide bonds. The van der Waals surface area contributed by atoms with Crippen LogP contribution in [0.15, 0.2) is 42.6 Å². The summed E-state index contributed by atoms with van der Waals surface area (Å²) in [5, 5.41) is 11.8. The van der Waals surface area contributed by atoms with Crippen molar-refractivity contribution in [2.45, 2.75) is 24.9 Å². The van der Waals surface area contributed by atoms with Crippen molar-refractivity contribution in [3.8, 4) is 0 Å². The SMILES string of the molecule is COC(=O)CCC(c1cccc(Cl)c1)C(O)c1ccc(Cl)cn1. The second-order valence-electron chi connectivity index (χ2n) is 5.12. The Bertz CT molecular complexity index is 661. The zero-order valence-electron chi connectivity index (χ0n) is 12.6. The highest BCUT2D eigenvalue weighted by Gasteiger charge is 2.25. The number of aromatic nitrogens is 1. The maximum atomic E-state index is 11.5. The number of methoxy groups -OCH3 is 1. The molecule has 0 aliphatic heterocycles. The van der Waals surface area contributed by atoms with Crippen LogP contribution in [-0.4, -0.2) is 23.2 Å². The Hall–Kier alpha value is -1.62. The number of nitrogens with zero attached hydrogens (tertiary/aromatic N) is 1. The van der Waals surface area contributed by atoms with Crippen LogP contribution in [-0.2, 0) is 9.53 Å². The summed E-state index contributed by atoms with van der Waals surface area (Å²) in [6, 6.07) is 10.6. The first-order chi connectivity index (χ1) is 11.0. The molecule has 0 saturated carbocycles. The third-order valence-corrected chi connectivity index (χ3v) is 4.06. The molecule has 1 aromatic heterocycles. The van der Waals surface area contributed by atoms with Crippen LogP contribution in [0.5, 0.6) is 0 Å². The van der Waals surface area contributed by atoms with Crippen LogP contribution in [0.3, 0.4) is 0 Å². The lowest BCUT2D eigenvalue weighted by Crippen LogP contribution is -2.14. The molecule has 2 aromatic rings. The summed E-state index contributed by atoms with van der Waals surface area (Å²) in [5.74, 6) is -0.658. The zero-order valence-corrected chi connectivity index (χ0v) is 14.1. The molecule has 2 unspecified atom stereocenters. The summed E-state index contributed by atoms with van der Waals surface area (Å²) in [6.07, 6.45) is 1.21. The fraction of sp³-hybridized carbons (Fsp3) is 0.294. The monoisotopic (exact) mass is 353 g/mol. The number of aliphatic hydroxyl groups is 1. The summed E-state index contributed by atoms with van der Waals surface area (Å²) >= 11 is 11.9. The van der Waals surface area contributed by atoms with Crippen LogP contribution in [0.4, 0.5) is 0 Å². The van der Waals surface area contributed by atoms with E-state index in [1.54, 1.807) is 24.3 Å². The Balaban J connectivity index is 2.28. The number of rotatable bonds is 6. The number of ether oxygens (including phenoxy) is 1. The highest BCUT2D eigenvalue weighted by Crippen LogP contribution is 2.35. The van der Waals surface area contributed by atoms with Gasteiger partial charge in [0, 0.05) is 23.6 Å². The van der Waals surface area contributed by atoms with Crippen molar-refractivity contribution in [2.75, 3.05) is 7.11 Å². The smallest absolute Gasteiger partial charge is 0.305 e. The molecular formula is C17H17Cl2NO3. The number of hydrogen-bond donors (Lipinski definition) is 1. The van der Waals surface area contributed by atoms with Gasteiger partial charge in [-0.2, -0.15) is 0 Å². The van der Waals surface area contributed by atoms with E-state index in [9.17, 15) is 9.90 Å². The van der Waals surface area contributed by atoms with Gasteiger partial charge in [-0.1, -0.05) is 35.3 Å². The maximum Gasteiger partial charge on any atom is 0.305 e. The van der Waals surface area contributed by atoms with Crippen LogP contribution >= 0.6 is 23.2 Å². The van der Waals surface area contributed by atoms with Crippen molar-refractivity contribution in [3.63, 3.8) is 0 Å². The van der Waals surface area contributed by atoms with Crippen molar-refractivity contribution in [2.24, 2.45) is 0 Å². The Morgan fingerprint density at radius 3 is 2.65 bits per heavy atom. The number of carbonyl (C=O) groups excluding carboxylic acids is 1. The molecule has 2 rings (SSSR count). The van der Waals surface area contributed by atoms with E-state index in [1.165, 1.54) is 13.3 Å². The molecule has 0 fully saturated rings. The third-order valence-electron chi connectivity index (χ3n) is 3.60. The highest BCUT2D eigenvalue weighted by atomic mass is 35.5. The van der Waals surface area contributed by atoms with Crippen molar-refractivity contribution in [1.29, 1.82) is 0 Å². The summed E-state index contributed by atoms with van der Waals surface area (Å²) in [7, 11) is 1.34. The molecule has 2 atom stereocenters. The summed E-state index contributed by atoms with van der Waals surface area (Å²) < 4.78 is 4.68. The number of benzene rings is 1. The predicted molar refractivity (Wildman–Crippen MR) is 89.6 cm³/mol. The maximum absolute atomic E-state index is 11.5. The van der Waals surface area contributed by atoms with Gasteiger partial charge in [-0.15, -0.1) is 0 Å². The predicted octanol–water partition coefficient (Wildman–Crippen LogP) is 4.16.